The van der Waals surface area contributed by atoms with Gasteiger partial charge in [-0.15, -0.1) is 0 Å². The predicted molar refractivity (Wildman–Crippen MR) is 102 cm³/mol. The van der Waals surface area contributed by atoms with Crippen LogP contribution in [-0.2, 0) is 16.2 Å². The number of benzene rings is 1. The summed E-state index contributed by atoms with van der Waals surface area (Å²) < 4.78 is 79.8. The van der Waals surface area contributed by atoms with Crippen LogP contribution in [0.2, 0.25) is 0 Å². The summed E-state index contributed by atoms with van der Waals surface area (Å²) >= 11 is 0. The third-order valence-corrected chi connectivity index (χ3v) is 7.75. The molecule has 2 aliphatic rings. The number of alkyl halides is 3. The van der Waals surface area contributed by atoms with Gasteiger partial charge in [0.25, 0.3) is 5.91 Å². The summed E-state index contributed by atoms with van der Waals surface area (Å²) in [5.41, 5.74) is -0.721. The Morgan fingerprint density at radius 2 is 1.77 bits per heavy atom. The number of aromatic nitrogens is 1. The molecule has 0 aliphatic carbocycles. The van der Waals surface area contributed by atoms with Crippen molar-refractivity contribution in [3.8, 4) is 0 Å². The van der Waals surface area contributed by atoms with Gasteiger partial charge >= 0.3 is 6.18 Å². The Kier molecular flexibility index (Phi) is 5.29. The molecular formula is C20H19F4N3O3S. The van der Waals surface area contributed by atoms with Crippen molar-refractivity contribution in [2.75, 3.05) is 13.1 Å². The minimum absolute atomic E-state index is 0.0121. The molecule has 1 aromatic carbocycles. The molecule has 2 aromatic rings. The summed E-state index contributed by atoms with van der Waals surface area (Å²) in [5, 5.41) is 0. The molecule has 1 aromatic heterocycles. The molecule has 0 radical (unpaired) electrons. The van der Waals surface area contributed by atoms with Crippen molar-refractivity contribution in [2.45, 2.75) is 42.9 Å². The van der Waals surface area contributed by atoms with Crippen molar-refractivity contribution in [1.29, 1.82) is 0 Å². The molecule has 2 aliphatic heterocycles. The normalized spacial score (nSPS) is 20.9. The maximum atomic E-state index is 14.0. The fourth-order valence-electron chi connectivity index (χ4n) is 4.22. The monoisotopic (exact) mass is 457 g/mol. The Bertz CT molecular complexity index is 1130. The van der Waals surface area contributed by atoms with Gasteiger partial charge in [-0.25, -0.2) is 12.8 Å². The molecule has 1 amide bonds. The first-order valence-electron chi connectivity index (χ1n) is 9.66. The highest BCUT2D eigenvalue weighted by Gasteiger charge is 2.43. The Hall–Kier alpha value is -2.53. The van der Waals surface area contributed by atoms with E-state index in [1.165, 1.54) is 27.4 Å². The Balaban J connectivity index is 1.52. The zero-order valence-electron chi connectivity index (χ0n) is 16.4. The van der Waals surface area contributed by atoms with Gasteiger partial charge in [0.05, 0.1) is 11.6 Å². The second kappa shape index (κ2) is 7.56. The third-order valence-electron chi connectivity index (χ3n) is 5.82. The van der Waals surface area contributed by atoms with Crippen molar-refractivity contribution >= 4 is 15.9 Å². The average molecular weight is 457 g/mol. The summed E-state index contributed by atoms with van der Waals surface area (Å²) in [6.07, 6.45) is -3.35. The van der Waals surface area contributed by atoms with E-state index < -0.39 is 44.4 Å². The molecule has 0 bridgehead atoms. The quantitative estimate of drug-likeness (QED) is 0.661. The van der Waals surface area contributed by atoms with E-state index in [-0.39, 0.29) is 43.2 Å². The van der Waals surface area contributed by atoms with Gasteiger partial charge in [-0.2, -0.15) is 17.5 Å². The van der Waals surface area contributed by atoms with E-state index in [2.05, 4.69) is 4.98 Å². The van der Waals surface area contributed by atoms with Crippen LogP contribution in [0.25, 0.3) is 0 Å². The number of sulfonamides is 1. The minimum Gasteiger partial charge on any atom is -0.327 e. The Morgan fingerprint density at radius 1 is 1.13 bits per heavy atom. The van der Waals surface area contributed by atoms with Crippen LogP contribution in [0.3, 0.4) is 0 Å². The van der Waals surface area contributed by atoms with E-state index in [9.17, 15) is 30.8 Å². The molecule has 1 unspecified atom stereocenters. The highest BCUT2D eigenvalue weighted by Crippen LogP contribution is 2.39. The third kappa shape index (κ3) is 3.69. The van der Waals surface area contributed by atoms with Crippen LogP contribution in [0.5, 0.6) is 0 Å². The number of piperidine rings is 1. The number of pyridine rings is 1. The number of rotatable bonds is 3. The molecule has 31 heavy (non-hydrogen) atoms. The molecule has 4 rings (SSSR count). The maximum absolute atomic E-state index is 14.0. The zero-order chi connectivity index (χ0) is 22.6. The smallest absolute Gasteiger partial charge is 0.327 e. The van der Waals surface area contributed by atoms with Crippen molar-refractivity contribution in [1.82, 2.24) is 14.2 Å². The highest BCUT2D eigenvalue weighted by atomic mass is 32.2. The number of amides is 1. The van der Waals surface area contributed by atoms with Gasteiger partial charge in [0.15, 0.2) is 0 Å². The van der Waals surface area contributed by atoms with Gasteiger partial charge in [-0.3, -0.25) is 9.78 Å². The number of carbonyl (C=O) groups is 1. The summed E-state index contributed by atoms with van der Waals surface area (Å²) in [6, 6.07) is 5.08. The molecule has 3 heterocycles. The molecule has 166 valence electrons. The van der Waals surface area contributed by atoms with E-state index in [1.54, 1.807) is 6.92 Å². The first-order chi connectivity index (χ1) is 14.5. The fraction of sp³-hybridized carbons (Fsp3) is 0.400. The summed E-state index contributed by atoms with van der Waals surface area (Å²) in [6.45, 7) is 1.76. The van der Waals surface area contributed by atoms with Gasteiger partial charge in [0.1, 0.15) is 16.4 Å². The van der Waals surface area contributed by atoms with E-state index in [1.807, 2.05) is 0 Å². The van der Waals surface area contributed by atoms with Gasteiger partial charge in [-0.05, 0) is 38.0 Å². The van der Waals surface area contributed by atoms with Crippen LogP contribution in [-0.4, -0.2) is 47.6 Å². The van der Waals surface area contributed by atoms with Crippen molar-refractivity contribution in [2.24, 2.45) is 0 Å². The molecule has 6 nitrogen and oxygen atoms in total. The molecule has 1 atom stereocenters. The van der Waals surface area contributed by atoms with Crippen LogP contribution >= 0.6 is 0 Å². The van der Waals surface area contributed by atoms with E-state index in [0.29, 0.717) is 6.20 Å². The number of nitrogens with zero attached hydrogens (tertiary/aromatic N) is 3. The minimum atomic E-state index is -4.56. The van der Waals surface area contributed by atoms with Crippen molar-refractivity contribution in [3.05, 3.63) is 59.2 Å². The van der Waals surface area contributed by atoms with Gasteiger partial charge < -0.3 is 4.90 Å². The lowest BCUT2D eigenvalue weighted by Gasteiger charge is -2.38. The molecule has 0 spiro atoms. The lowest BCUT2D eigenvalue weighted by molar-refractivity contribution is -0.137. The average Bonchev–Trinajstić information content (AvgIpc) is 2.97. The van der Waals surface area contributed by atoms with Crippen LogP contribution < -0.4 is 0 Å². The van der Waals surface area contributed by atoms with Gasteiger partial charge in [0, 0.05) is 30.9 Å². The second-order valence-electron chi connectivity index (χ2n) is 7.61. The van der Waals surface area contributed by atoms with Gasteiger partial charge in [0.2, 0.25) is 10.0 Å². The summed E-state index contributed by atoms with van der Waals surface area (Å²) in [7, 11) is -4.02. The zero-order valence-corrected chi connectivity index (χ0v) is 17.3. The fourth-order valence-corrected chi connectivity index (χ4v) is 5.75. The van der Waals surface area contributed by atoms with E-state index in [4.69, 9.17) is 0 Å². The summed E-state index contributed by atoms with van der Waals surface area (Å²) in [4.78, 5) is 17.6. The van der Waals surface area contributed by atoms with Crippen LogP contribution in [0.4, 0.5) is 17.6 Å². The molecule has 1 fully saturated rings. The van der Waals surface area contributed by atoms with Crippen LogP contribution in [0.1, 0.15) is 47.4 Å². The first kappa shape index (κ1) is 21.7. The maximum Gasteiger partial charge on any atom is 0.417 e. The van der Waals surface area contributed by atoms with Crippen molar-refractivity contribution in [3.63, 3.8) is 0 Å². The largest absolute Gasteiger partial charge is 0.417 e. The van der Waals surface area contributed by atoms with Crippen LogP contribution in [0.15, 0.2) is 41.4 Å². The van der Waals surface area contributed by atoms with E-state index in [0.717, 1.165) is 12.1 Å². The lowest BCUT2D eigenvalue weighted by Crippen LogP contribution is -2.47. The SMILES string of the molecule is CC1c2cc(C(F)(F)F)cnc2C(=O)N1C1CCN(S(=O)(=O)c2ccccc2F)CC1. The number of carbonyl (C=O) groups excluding carboxylic acids is 1. The van der Waals surface area contributed by atoms with E-state index >= 15 is 0 Å². The van der Waals surface area contributed by atoms with Crippen LogP contribution in [0, 0.1) is 5.82 Å². The Labute approximate surface area is 176 Å². The predicted octanol–water partition coefficient (Wildman–Crippen LogP) is 3.61. The van der Waals surface area contributed by atoms with Crippen molar-refractivity contribution < 1.29 is 30.8 Å². The number of hydrogen-bond donors (Lipinski definition) is 0. The van der Waals surface area contributed by atoms with Gasteiger partial charge in [-0.1, -0.05) is 12.1 Å². The summed E-state index contributed by atoms with van der Waals surface area (Å²) in [5.74, 6) is -1.30. The molecule has 1 saturated heterocycles. The number of halogens is 4. The number of hydrogen-bond acceptors (Lipinski definition) is 4. The highest BCUT2D eigenvalue weighted by molar-refractivity contribution is 7.89. The second-order valence-corrected chi connectivity index (χ2v) is 9.52. The molecule has 11 heteroatoms. The lowest BCUT2D eigenvalue weighted by atomic mass is 10.0. The number of fused-ring (bicyclic) bond motifs is 1. The molecular weight excluding hydrogens is 438 g/mol. The Morgan fingerprint density at radius 3 is 2.39 bits per heavy atom. The topological polar surface area (TPSA) is 70.6 Å². The first-order valence-corrected chi connectivity index (χ1v) is 11.1. The molecule has 0 saturated carbocycles. The molecule has 0 N–H and O–H groups in total. The standard InChI is InChI=1S/C20H19F4N3O3S/c1-12-15-10-13(20(22,23)24)11-25-18(15)19(28)27(12)14-6-8-26(9-7-14)31(29,30)17-5-3-2-4-16(17)21/h2-5,10-12,14H,6-9H2,1H3.